The predicted octanol–water partition coefficient (Wildman–Crippen LogP) is 3.07. The van der Waals surface area contributed by atoms with E-state index in [1.807, 2.05) is 12.1 Å². The molecule has 1 aromatic rings. The van der Waals surface area contributed by atoms with Crippen molar-refractivity contribution in [2.75, 3.05) is 38.3 Å². The summed E-state index contributed by atoms with van der Waals surface area (Å²) in [6, 6.07) is 6.19. The first kappa shape index (κ1) is 12.3. The fourth-order valence-corrected chi connectivity index (χ4v) is 3.31. The van der Waals surface area contributed by atoms with Gasteiger partial charge in [-0.3, -0.25) is 0 Å². The lowest BCUT2D eigenvalue weighted by Crippen LogP contribution is -2.58. The van der Waals surface area contributed by atoms with E-state index in [4.69, 9.17) is 9.47 Å². The second kappa shape index (κ2) is 4.74. The Morgan fingerprint density at radius 2 is 2.00 bits per heavy atom. The summed E-state index contributed by atoms with van der Waals surface area (Å²) in [6.45, 7) is 4.10. The fourth-order valence-electron chi connectivity index (χ4n) is 2.96. The first-order valence-electron chi connectivity index (χ1n) is 6.39. The van der Waals surface area contributed by atoms with Gasteiger partial charge in [0.25, 0.3) is 0 Å². The standard InChI is InChI=1S/C14H18BrNO2/c1-17-13-3-2-11(15)8-12(13)16-9-14(10-16)4-6-18-7-5-14/h2-3,8H,4-7,9-10H2,1H3. The summed E-state index contributed by atoms with van der Waals surface area (Å²) in [5.41, 5.74) is 1.69. The lowest BCUT2D eigenvalue weighted by Gasteiger charge is -2.53. The van der Waals surface area contributed by atoms with Gasteiger partial charge < -0.3 is 14.4 Å². The predicted molar refractivity (Wildman–Crippen MR) is 75.4 cm³/mol. The average Bonchev–Trinajstić information content (AvgIpc) is 2.37. The first-order valence-corrected chi connectivity index (χ1v) is 7.18. The normalized spacial score (nSPS) is 21.8. The molecule has 0 aliphatic carbocycles. The Morgan fingerprint density at radius 1 is 1.28 bits per heavy atom. The molecule has 2 fully saturated rings. The number of halogens is 1. The van der Waals surface area contributed by atoms with E-state index >= 15 is 0 Å². The highest BCUT2D eigenvalue weighted by Crippen LogP contribution is 2.45. The highest BCUT2D eigenvalue weighted by Gasteiger charge is 2.44. The van der Waals surface area contributed by atoms with E-state index in [0.717, 1.165) is 36.5 Å². The molecule has 2 saturated heterocycles. The quantitative estimate of drug-likeness (QED) is 0.838. The van der Waals surface area contributed by atoms with Crippen LogP contribution >= 0.6 is 15.9 Å². The van der Waals surface area contributed by atoms with Gasteiger partial charge in [-0.1, -0.05) is 15.9 Å². The van der Waals surface area contributed by atoms with E-state index < -0.39 is 0 Å². The molecule has 0 N–H and O–H groups in total. The van der Waals surface area contributed by atoms with E-state index in [9.17, 15) is 0 Å². The largest absolute Gasteiger partial charge is 0.495 e. The third-order valence-electron chi connectivity index (χ3n) is 4.09. The Kier molecular flexibility index (Phi) is 3.24. The van der Waals surface area contributed by atoms with Crippen LogP contribution in [-0.2, 0) is 4.74 Å². The Hall–Kier alpha value is -0.740. The molecule has 2 aliphatic heterocycles. The molecule has 0 saturated carbocycles. The van der Waals surface area contributed by atoms with Gasteiger partial charge in [-0.05, 0) is 31.0 Å². The zero-order chi connectivity index (χ0) is 12.6. The summed E-state index contributed by atoms with van der Waals surface area (Å²) < 4.78 is 12.0. The second-order valence-electron chi connectivity index (χ2n) is 5.28. The molecule has 3 nitrogen and oxygen atoms in total. The number of hydrogen-bond acceptors (Lipinski definition) is 3. The van der Waals surface area contributed by atoms with Crippen molar-refractivity contribution in [2.45, 2.75) is 12.8 Å². The minimum atomic E-state index is 0.492. The molecule has 0 unspecified atom stereocenters. The van der Waals surface area contributed by atoms with E-state index in [2.05, 4.69) is 26.9 Å². The number of hydrogen-bond donors (Lipinski definition) is 0. The number of nitrogens with zero attached hydrogens (tertiary/aromatic N) is 1. The smallest absolute Gasteiger partial charge is 0.142 e. The highest BCUT2D eigenvalue weighted by molar-refractivity contribution is 9.10. The van der Waals surface area contributed by atoms with Crippen molar-refractivity contribution >= 4 is 21.6 Å². The van der Waals surface area contributed by atoms with Gasteiger partial charge in [-0.25, -0.2) is 0 Å². The van der Waals surface area contributed by atoms with Gasteiger partial charge in [0.05, 0.1) is 12.8 Å². The van der Waals surface area contributed by atoms with Crippen LogP contribution in [0.25, 0.3) is 0 Å². The summed E-state index contributed by atoms with van der Waals surface area (Å²) in [7, 11) is 1.73. The van der Waals surface area contributed by atoms with Crippen molar-refractivity contribution < 1.29 is 9.47 Å². The molecule has 2 aliphatic rings. The summed E-state index contributed by atoms with van der Waals surface area (Å²) in [4.78, 5) is 2.41. The van der Waals surface area contributed by atoms with Crippen LogP contribution in [0.15, 0.2) is 22.7 Å². The van der Waals surface area contributed by atoms with E-state index in [-0.39, 0.29) is 0 Å². The summed E-state index contributed by atoms with van der Waals surface area (Å²) in [5, 5.41) is 0. The van der Waals surface area contributed by atoms with Crippen molar-refractivity contribution in [3.63, 3.8) is 0 Å². The Morgan fingerprint density at radius 3 is 2.67 bits per heavy atom. The molecule has 1 aromatic carbocycles. The average molecular weight is 312 g/mol. The molecule has 0 radical (unpaired) electrons. The van der Waals surface area contributed by atoms with Crippen LogP contribution in [0.5, 0.6) is 5.75 Å². The summed E-state index contributed by atoms with van der Waals surface area (Å²) >= 11 is 3.53. The molecule has 98 valence electrons. The maximum absolute atomic E-state index is 5.45. The van der Waals surface area contributed by atoms with Crippen molar-refractivity contribution in [2.24, 2.45) is 5.41 Å². The fraction of sp³-hybridized carbons (Fsp3) is 0.571. The van der Waals surface area contributed by atoms with E-state index in [1.165, 1.54) is 18.5 Å². The lowest BCUT2D eigenvalue weighted by molar-refractivity contribution is -0.000316. The molecular weight excluding hydrogens is 294 g/mol. The number of methoxy groups -OCH3 is 1. The number of benzene rings is 1. The first-order chi connectivity index (χ1) is 8.72. The number of rotatable bonds is 2. The maximum atomic E-state index is 5.45. The van der Waals surface area contributed by atoms with Gasteiger partial charge >= 0.3 is 0 Å². The Bertz CT molecular complexity index is 435. The minimum Gasteiger partial charge on any atom is -0.495 e. The molecule has 1 spiro atoms. The molecule has 2 heterocycles. The lowest BCUT2D eigenvalue weighted by atomic mass is 9.73. The van der Waals surface area contributed by atoms with Crippen LogP contribution in [0.1, 0.15) is 12.8 Å². The van der Waals surface area contributed by atoms with Gasteiger partial charge in [0.2, 0.25) is 0 Å². The molecule has 18 heavy (non-hydrogen) atoms. The molecule has 0 bridgehead atoms. The Labute approximate surface area is 116 Å². The molecular formula is C14H18BrNO2. The van der Waals surface area contributed by atoms with Crippen molar-refractivity contribution in [3.8, 4) is 5.75 Å². The van der Waals surface area contributed by atoms with Gasteiger partial charge in [0, 0.05) is 36.2 Å². The highest BCUT2D eigenvalue weighted by atomic mass is 79.9. The van der Waals surface area contributed by atoms with Crippen LogP contribution in [0.3, 0.4) is 0 Å². The zero-order valence-electron chi connectivity index (χ0n) is 10.6. The van der Waals surface area contributed by atoms with Crippen LogP contribution in [-0.4, -0.2) is 33.4 Å². The van der Waals surface area contributed by atoms with E-state index in [1.54, 1.807) is 7.11 Å². The molecule has 0 amide bonds. The van der Waals surface area contributed by atoms with E-state index in [0.29, 0.717) is 5.41 Å². The topological polar surface area (TPSA) is 21.7 Å². The van der Waals surface area contributed by atoms with Crippen molar-refractivity contribution in [3.05, 3.63) is 22.7 Å². The third kappa shape index (κ3) is 2.12. The van der Waals surface area contributed by atoms with Crippen molar-refractivity contribution in [1.29, 1.82) is 0 Å². The number of ether oxygens (including phenoxy) is 2. The minimum absolute atomic E-state index is 0.492. The number of anilines is 1. The monoisotopic (exact) mass is 311 g/mol. The van der Waals surface area contributed by atoms with Crippen LogP contribution in [0, 0.1) is 5.41 Å². The van der Waals surface area contributed by atoms with Gasteiger partial charge in [0.15, 0.2) is 0 Å². The zero-order valence-corrected chi connectivity index (χ0v) is 12.2. The second-order valence-corrected chi connectivity index (χ2v) is 6.20. The summed E-state index contributed by atoms with van der Waals surface area (Å²) in [5.74, 6) is 0.958. The molecule has 0 aromatic heterocycles. The maximum Gasteiger partial charge on any atom is 0.142 e. The van der Waals surface area contributed by atoms with Crippen LogP contribution in [0.2, 0.25) is 0 Å². The van der Waals surface area contributed by atoms with Gasteiger partial charge in [-0.15, -0.1) is 0 Å². The van der Waals surface area contributed by atoms with Gasteiger partial charge in [0.1, 0.15) is 5.75 Å². The molecule has 3 rings (SSSR count). The van der Waals surface area contributed by atoms with Crippen LogP contribution < -0.4 is 9.64 Å². The van der Waals surface area contributed by atoms with Gasteiger partial charge in [-0.2, -0.15) is 0 Å². The van der Waals surface area contributed by atoms with Crippen LogP contribution in [0.4, 0.5) is 5.69 Å². The summed E-state index contributed by atoms with van der Waals surface area (Å²) in [6.07, 6.45) is 2.39. The van der Waals surface area contributed by atoms with Crippen molar-refractivity contribution in [1.82, 2.24) is 0 Å². The molecule has 4 heteroatoms. The Balaban J connectivity index is 1.75. The molecule has 0 atom stereocenters. The third-order valence-corrected chi connectivity index (χ3v) is 4.58. The SMILES string of the molecule is COc1ccc(Br)cc1N1CC2(CCOCC2)C1.